The third-order valence-electron chi connectivity index (χ3n) is 1.52. The molecule has 4 heteroatoms. The van der Waals surface area contributed by atoms with Crippen LogP contribution in [0.4, 0.5) is 5.69 Å². The van der Waals surface area contributed by atoms with E-state index >= 15 is 0 Å². The Morgan fingerprint density at radius 2 is 2.36 bits per heavy atom. The third kappa shape index (κ3) is 0.991. The maximum Gasteiger partial charge on any atom is 0.131 e. The molecule has 0 fully saturated rings. The molecular weight excluding hydrogens is 206 g/mol. The van der Waals surface area contributed by atoms with Crippen molar-refractivity contribution in [1.82, 2.24) is 9.38 Å². The first kappa shape index (κ1) is 6.67. The average Bonchev–Trinajstić information content (AvgIpc) is 2.33. The predicted octanol–water partition coefficient (Wildman–Crippen LogP) is 1.68. The van der Waals surface area contributed by atoms with Crippen molar-refractivity contribution in [2.24, 2.45) is 0 Å². The quantitative estimate of drug-likeness (QED) is 0.721. The predicted molar refractivity (Wildman–Crippen MR) is 47.3 cm³/mol. The van der Waals surface area contributed by atoms with E-state index < -0.39 is 0 Å². The van der Waals surface area contributed by atoms with Crippen LogP contribution >= 0.6 is 15.9 Å². The van der Waals surface area contributed by atoms with Gasteiger partial charge >= 0.3 is 0 Å². The number of rotatable bonds is 0. The van der Waals surface area contributed by atoms with Gasteiger partial charge in [0.25, 0.3) is 0 Å². The number of nitrogen functional groups attached to an aromatic ring is 1. The van der Waals surface area contributed by atoms with E-state index in [1.165, 1.54) is 0 Å². The minimum Gasteiger partial charge on any atom is -0.399 e. The zero-order valence-electron chi connectivity index (χ0n) is 5.66. The van der Waals surface area contributed by atoms with Gasteiger partial charge in [0, 0.05) is 11.9 Å². The summed E-state index contributed by atoms with van der Waals surface area (Å²) in [5, 5.41) is 0. The molecular formula is C7H6BrN3. The molecule has 0 saturated carbocycles. The van der Waals surface area contributed by atoms with E-state index in [0.29, 0.717) is 0 Å². The summed E-state index contributed by atoms with van der Waals surface area (Å²) < 4.78 is 2.73. The van der Waals surface area contributed by atoms with E-state index in [2.05, 4.69) is 20.9 Å². The lowest BCUT2D eigenvalue weighted by atomic mass is 10.4. The van der Waals surface area contributed by atoms with Crippen LogP contribution < -0.4 is 5.73 Å². The maximum absolute atomic E-state index is 5.59. The van der Waals surface area contributed by atoms with Crippen molar-refractivity contribution in [1.29, 1.82) is 0 Å². The van der Waals surface area contributed by atoms with Gasteiger partial charge in [-0.3, -0.25) is 0 Å². The fourth-order valence-electron chi connectivity index (χ4n) is 0.973. The number of aromatic nitrogens is 2. The Balaban J connectivity index is 2.87. The summed E-state index contributed by atoms with van der Waals surface area (Å²) in [5.41, 5.74) is 7.33. The monoisotopic (exact) mass is 211 g/mol. The Hall–Kier alpha value is -1.03. The molecule has 0 amide bonds. The van der Waals surface area contributed by atoms with Crippen LogP contribution in [0.1, 0.15) is 0 Å². The van der Waals surface area contributed by atoms with Gasteiger partial charge in [0.15, 0.2) is 0 Å². The topological polar surface area (TPSA) is 43.3 Å². The van der Waals surface area contributed by atoms with Crippen molar-refractivity contribution in [3.63, 3.8) is 0 Å². The van der Waals surface area contributed by atoms with Crippen molar-refractivity contribution in [3.8, 4) is 0 Å². The zero-order valence-corrected chi connectivity index (χ0v) is 7.25. The molecule has 0 radical (unpaired) electrons. The molecule has 3 nitrogen and oxygen atoms in total. The van der Waals surface area contributed by atoms with Gasteiger partial charge in [-0.15, -0.1) is 0 Å². The van der Waals surface area contributed by atoms with Gasteiger partial charge in [-0.2, -0.15) is 0 Å². The Kier molecular flexibility index (Phi) is 1.35. The van der Waals surface area contributed by atoms with Crippen molar-refractivity contribution in [2.75, 3.05) is 5.73 Å². The van der Waals surface area contributed by atoms with Gasteiger partial charge in [0.2, 0.25) is 0 Å². The maximum atomic E-state index is 5.59. The lowest BCUT2D eigenvalue weighted by molar-refractivity contribution is 1.15. The van der Waals surface area contributed by atoms with Crippen molar-refractivity contribution in [2.45, 2.75) is 0 Å². The number of hydrogen-bond acceptors (Lipinski definition) is 2. The fraction of sp³-hybridized carbons (Fsp3) is 0. The third-order valence-corrected chi connectivity index (χ3v) is 2.13. The van der Waals surface area contributed by atoms with Crippen molar-refractivity contribution >= 4 is 27.1 Å². The summed E-state index contributed by atoms with van der Waals surface area (Å²) in [6.45, 7) is 0. The number of nitrogens with two attached hydrogens (primary N) is 1. The second-order valence-electron chi connectivity index (χ2n) is 2.29. The molecule has 0 aliphatic rings. The van der Waals surface area contributed by atoms with Gasteiger partial charge in [-0.25, -0.2) is 4.98 Å². The van der Waals surface area contributed by atoms with E-state index in [0.717, 1.165) is 15.8 Å². The van der Waals surface area contributed by atoms with Gasteiger partial charge in [0.05, 0.1) is 5.52 Å². The second kappa shape index (κ2) is 2.23. The van der Waals surface area contributed by atoms with Crippen LogP contribution in [0.15, 0.2) is 29.3 Å². The molecule has 56 valence electrons. The molecule has 2 aromatic rings. The number of fused-ring (bicyclic) bond motifs is 1. The number of imidazole rings is 1. The van der Waals surface area contributed by atoms with E-state index in [1.54, 1.807) is 6.33 Å². The molecule has 0 saturated heterocycles. The summed E-state index contributed by atoms with van der Waals surface area (Å²) in [6, 6.07) is 3.71. The van der Waals surface area contributed by atoms with Crippen LogP contribution in [-0.2, 0) is 0 Å². The number of pyridine rings is 1. The normalized spacial score (nSPS) is 10.6. The van der Waals surface area contributed by atoms with E-state index in [4.69, 9.17) is 5.73 Å². The first-order valence-electron chi connectivity index (χ1n) is 3.15. The summed E-state index contributed by atoms with van der Waals surface area (Å²) in [6.07, 6.45) is 3.61. The Labute approximate surface area is 72.0 Å². The molecule has 0 bridgehead atoms. The molecule has 0 spiro atoms. The van der Waals surface area contributed by atoms with Crippen LogP contribution in [0, 0.1) is 0 Å². The van der Waals surface area contributed by atoms with Gasteiger partial charge in [-0.1, -0.05) is 0 Å². The van der Waals surface area contributed by atoms with Crippen molar-refractivity contribution in [3.05, 3.63) is 29.3 Å². The molecule has 2 N–H and O–H groups in total. The lowest BCUT2D eigenvalue weighted by Crippen LogP contribution is -1.86. The molecule has 2 aromatic heterocycles. The smallest absolute Gasteiger partial charge is 0.131 e. The van der Waals surface area contributed by atoms with E-state index in [1.807, 2.05) is 22.7 Å². The van der Waals surface area contributed by atoms with Crippen LogP contribution in [-0.4, -0.2) is 9.38 Å². The highest BCUT2D eigenvalue weighted by atomic mass is 79.9. The lowest BCUT2D eigenvalue weighted by Gasteiger charge is -1.94. The molecule has 11 heavy (non-hydrogen) atoms. The summed E-state index contributed by atoms with van der Waals surface area (Å²) in [5.74, 6) is 0. The molecule has 0 atom stereocenters. The number of halogens is 1. The summed E-state index contributed by atoms with van der Waals surface area (Å²) >= 11 is 3.31. The van der Waals surface area contributed by atoms with E-state index in [9.17, 15) is 0 Å². The average molecular weight is 212 g/mol. The largest absolute Gasteiger partial charge is 0.399 e. The Morgan fingerprint density at radius 1 is 1.55 bits per heavy atom. The first-order chi connectivity index (χ1) is 5.27. The Morgan fingerprint density at radius 3 is 3.18 bits per heavy atom. The van der Waals surface area contributed by atoms with Crippen LogP contribution in [0.3, 0.4) is 0 Å². The highest BCUT2D eigenvalue weighted by Gasteiger charge is 1.98. The highest BCUT2D eigenvalue weighted by Crippen LogP contribution is 2.17. The highest BCUT2D eigenvalue weighted by molar-refractivity contribution is 9.10. The van der Waals surface area contributed by atoms with Gasteiger partial charge in [0.1, 0.15) is 10.9 Å². The molecule has 2 rings (SSSR count). The summed E-state index contributed by atoms with van der Waals surface area (Å²) in [7, 11) is 0. The zero-order chi connectivity index (χ0) is 7.84. The minimum absolute atomic E-state index is 0.749. The fourth-order valence-corrected chi connectivity index (χ4v) is 1.38. The SMILES string of the molecule is Nc1ccn2cnc(Br)c2c1. The summed E-state index contributed by atoms with van der Waals surface area (Å²) in [4.78, 5) is 4.06. The Bertz CT molecular complexity index is 393. The molecule has 0 aliphatic carbocycles. The number of anilines is 1. The standard InChI is InChI=1S/C7H6BrN3/c8-7-6-3-5(9)1-2-11(6)4-10-7/h1-4H,9H2. The number of nitrogens with zero attached hydrogens (tertiary/aromatic N) is 2. The molecule has 0 unspecified atom stereocenters. The first-order valence-corrected chi connectivity index (χ1v) is 3.94. The van der Waals surface area contributed by atoms with Crippen LogP contribution in [0.5, 0.6) is 0 Å². The molecule has 2 heterocycles. The van der Waals surface area contributed by atoms with Gasteiger partial charge in [-0.05, 0) is 28.1 Å². The van der Waals surface area contributed by atoms with Crippen LogP contribution in [0.25, 0.3) is 5.52 Å². The molecule has 0 aliphatic heterocycles. The number of hydrogen-bond donors (Lipinski definition) is 1. The van der Waals surface area contributed by atoms with E-state index in [-0.39, 0.29) is 0 Å². The molecule has 0 aromatic carbocycles. The second-order valence-corrected chi connectivity index (χ2v) is 3.04. The van der Waals surface area contributed by atoms with Crippen molar-refractivity contribution < 1.29 is 0 Å². The van der Waals surface area contributed by atoms with Gasteiger partial charge < -0.3 is 10.1 Å². The minimum atomic E-state index is 0.749. The van der Waals surface area contributed by atoms with Crippen LogP contribution in [0.2, 0.25) is 0 Å².